The lowest BCUT2D eigenvalue weighted by atomic mass is 10.4. The fourth-order valence-corrected chi connectivity index (χ4v) is 2.92. The van der Waals surface area contributed by atoms with Crippen LogP contribution in [0, 0.1) is 6.92 Å². The van der Waals surface area contributed by atoms with Crippen molar-refractivity contribution in [1.29, 1.82) is 0 Å². The van der Waals surface area contributed by atoms with Gasteiger partial charge in [-0.2, -0.15) is 0 Å². The van der Waals surface area contributed by atoms with Crippen LogP contribution in [0.4, 0.5) is 5.95 Å². The second-order valence-corrected chi connectivity index (χ2v) is 5.23. The maximum atomic E-state index is 4.38. The number of halogens is 1. The highest BCUT2D eigenvalue weighted by molar-refractivity contribution is 9.10. The van der Waals surface area contributed by atoms with Crippen molar-refractivity contribution < 1.29 is 0 Å². The van der Waals surface area contributed by atoms with Gasteiger partial charge in [0.05, 0.1) is 12.2 Å². The van der Waals surface area contributed by atoms with Gasteiger partial charge in [0.2, 0.25) is 5.95 Å². The molecule has 2 aromatic rings. The van der Waals surface area contributed by atoms with Gasteiger partial charge >= 0.3 is 0 Å². The van der Waals surface area contributed by atoms with Gasteiger partial charge in [-0.25, -0.2) is 4.98 Å². The predicted molar refractivity (Wildman–Crippen MR) is 67.6 cm³/mol. The maximum absolute atomic E-state index is 4.38. The van der Waals surface area contributed by atoms with Gasteiger partial charge in [-0.05, 0) is 28.9 Å². The van der Waals surface area contributed by atoms with Gasteiger partial charge in [0.1, 0.15) is 0 Å². The lowest BCUT2D eigenvalue weighted by Crippen LogP contribution is -2.02. The second-order valence-electron chi connectivity index (χ2n) is 3.32. The van der Waals surface area contributed by atoms with E-state index in [2.05, 4.69) is 48.4 Å². The molecular weight excluding hydrogens is 274 g/mol. The van der Waals surface area contributed by atoms with E-state index in [0.29, 0.717) is 0 Å². The molecule has 80 valence electrons. The SMILES string of the molecule is CNc1nc(C)cn1Cc1cc(Br)cs1. The van der Waals surface area contributed by atoms with E-state index in [-0.39, 0.29) is 0 Å². The summed E-state index contributed by atoms with van der Waals surface area (Å²) in [5.41, 5.74) is 1.04. The first-order chi connectivity index (χ1) is 7.19. The number of rotatable bonds is 3. The van der Waals surface area contributed by atoms with Crippen molar-refractivity contribution in [2.45, 2.75) is 13.5 Å². The molecule has 0 amide bonds. The van der Waals surface area contributed by atoms with Gasteiger partial charge < -0.3 is 9.88 Å². The molecule has 3 nitrogen and oxygen atoms in total. The van der Waals surface area contributed by atoms with Crippen LogP contribution in [0.1, 0.15) is 10.6 Å². The predicted octanol–water partition coefficient (Wildman–Crippen LogP) is 3.11. The molecule has 15 heavy (non-hydrogen) atoms. The zero-order valence-corrected chi connectivity index (χ0v) is 11.0. The van der Waals surface area contributed by atoms with Crippen LogP contribution in [0.25, 0.3) is 0 Å². The Balaban J connectivity index is 2.23. The Morgan fingerprint density at radius 1 is 1.60 bits per heavy atom. The van der Waals surface area contributed by atoms with Gasteiger partial charge in [0.25, 0.3) is 0 Å². The summed E-state index contributed by atoms with van der Waals surface area (Å²) in [4.78, 5) is 5.69. The Bertz CT molecular complexity index is 461. The molecule has 2 rings (SSSR count). The van der Waals surface area contributed by atoms with E-state index in [0.717, 1.165) is 22.7 Å². The first-order valence-corrected chi connectivity index (χ1v) is 6.30. The van der Waals surface area contributed by atoms with Crippen molar-refractivity contribution >= 4 is 33.2 Å². The zero-order valence-electron chi connectivity index (χ0n) is 8.62. The van der Waals surface area contributed by atoms with Crippen molar-refractivity contribution in [2.75, 3.05) is 12.4 Å². The Morgan fingerprint density at radius 2 is 2.40 bits per heavy atom. The number of nitrogens with zero attached hydrogens (tertiary/aromatic N) is 2. The van der Waals surface area contributed by atoms with Crippen LogP contribution >= 0.6 is 27.3 Å². The highest BCUT2D eigenvalue weighted by Gasteiger charge is 2.05. The van der Waals surface area contributed by atoms with Crippen molar-refractivity contribution in [2.24, 2.45) is 0 Å². The van der Waals surface area contributed by atoms with Crippen LogP contribution < -0.4 is 5.32 Å². The third kappa shape index (κ3) is 2.41. The van der Waals surface area contributed by atoms with Gasteiger partial charge in [-0.1, -0.05) is 0 Å². The molecule has 0 aromatic carbocycles. The number of thiophene rings is 1. The largest absolute Gasteiger partial charge is 0.359 e. The lowest BCUT2D eigenvalue weighted by molar-refractivity contribution is 0.817. The monoisotopic (exact) mass is 285 g/mol. The number of imidazole rings is 1. The maximum Gasteiger partial charge on any atom is 0.203 e. The molecule has 0 fully saturated rings. The first kappa shape index (κ1) is 10.7. The van der Waals surface area contributed by atoms with Gasteiger partial charge in [0, 0.05) is 28.0 Å². The molecule has 0 aliphatic heterocycles. The summed E-state index contributed by atoms with van der Waals surface area (Å²) in [6.45, 7) is 2.87. The van der Waals surface area contributed by atoms with Crippen molar-refractivity contribution in [3.63, 3.8) is 0 Å². The number of anilines is 1. The van der Waals surface area contributed by atoms with E-state index >= 15 is 0 Å². The van der Waals surface area contributed by atoms with Crippen molar-refractivity contribution in [3.05, 3.63) is 32.7 Å². The van der Waals surface area contributed by atoms with Crippen LogP contribution in [0.15, 0.2) is 22.1 Å². The minimum atomic E-state index is 0.868. The minimum Gasteiger partial charge on any atom is -0.359 e. The summed E-state index contributed by atoms with van der Waals surface area (Å²) < 4.78 is 3.26. The summed E-state index contributed by atoms with van der Waals surface area (Å²) in [5.74, 6) is 0.914. The molecule has 0 radical (unpaired) electrons. The molecule has 0 bridgehead atoms. The van der Waals surface area contributed by atoms with Crippen molar-refractivity contribution in [3.8, 4) is 0 Å². The fraction of sp³-hybridized carbons (Fsp3) is 0.300. The lowest BCUT2D eigenvalue weighted by Gasteiger charge is -2.04. The summed E-state index contributed by atoms with van der Waals surface area (Å²) in [5, 5.41) is 5.18. The van der Waals surface area contributed by atoms with Gasteiger partial charge in [-0.15, -0.1) is 11.3 Å². The van der Waals surface area contributed by atoms with Crippen LogP contribution in [0.3, 0.4) is 0 Å². The Labute approximate surface area is 101 Å². The molecule has 1 N–H and O–H groups in total. The van der Waals surface area contributed by atoms with Crippen molar-refractivity contribution in [1.82, 2.24) is 9.55 Å². The summed E-state index contributed by atoms with van der Waals surface area (Å²) in [7, 11) is 1.89. The number of aromatic nitrogens is 2. The minimum absolute atomic E-state index is 0.868. The zero-order chi connectivity index (χ0) is 10.8. The van der Waals surface area contributed by atoms with E-state index in [1.54, 1.807) is 11.3 Å². The number of hydrogen-bond donors (Lipinski definition) is 1. The standard InChI is InChI=1S/C10H12BrN3S/c1-7-4-14(10(12-2)13-7)5-9-3-8(11)6-15-9/h3-4,6H,5H2,1-2H3,(H,12,13). The summed E-state index contributed by atoms with van der Waals surface area (Å²) in [6, 6.07) is 2.14. The quantitative estimate of drug-likeness (QED) is 0.939. The summed E-state index contributed by atoms with van der Waals surface area (Å²) >= 11 is 5.21. The highest BCUT2D eigenvalue weighted by atomic mass is 79.9. The molecule has 0 aliphatic rings. The molecule has 0 spiro atoms. The van der Waals surface area contributed by atoms with Gasteiger partial charge in [-0.3, -0.25) is 0 Å². The molecule has 2 heterocycles. The van der Waals surface area contributed by atoms with E-state index in [1.165, 1.54) is 4.88 Å². The van der Waals surface area contributed by atoms with Crippen LogP contribution in [0.5, 0.6) is 0 Å². The molecular formula is C10H12BrN3S. The molecule has 0 unspecified atom stereocenters. The third-order valence-electron chi connectivity index (χ3n) is 2.07. The molecule has 0 atom stereocenters. The van der Waals surface area contributed by atoms with Crippen LogP contribution in [0.2, 0.25) is 0 Å². The molecule has 2 aromatic heterocycles. The van der Waals surface area contributed by atoms with E-state index < -0.39 is 0 Å². The van der Waals surface area contributed by atoms with Crippen LogP contribution in [-0.4, -0.2) is 16.6 Å². The smallest absolute Gasteiger partial charge is 0.203 e. The number of hydrogen-bond acceptors (Lipinski definition) is 3. The van der Waals surface area contributed by atoms with E-state index in [4.69, 9.17) is 0 Å². The van der Waals surface area contributed by atoms with E-state index in [9.17, 15) is 0 Å². The number of aryl methyl sites for hydroxylation is 1. The summed E-state index contributed by atoms with van der Waals surface area (Å²) in [6.07, 6.45) is 2.06. The fourth-order valence-electron chi connectivity index (χ4n) is 1.47. The second kappa shape index (κ2) is 4.37. The first-order valence-electron chi connectivity index (χ1n) is 4.63. The van der Waals surface area contributed by atoms with Crippen LogP contribution in [-0.2, 0) is 6.54 Å². The Morgan fingerprint density at radius 3 is 3.00 bits per heavy atom. The average molecular weight is 286 g/mol. The molecule has 0 saturated heterocycles. The highest BCUT2D eigenvalue weighted by Crippen LogP contribution is 2.21. The molecule has 0 saturated carbocycles. The van der Waals surface area contributed by atoms with Gasteiger partial charge in [0.15, 0.2) is 0 Å². The topological polar surface area (TPSA) is 29.9 Å². The molecule has 5 heteroatoms. The Hall–Kier alpha value is -0.810. The Kier molecular flexibility index (Phi) is 3.11. The molecule has 0 aliphatic carbocycles. The normalized spacial score (nSPS) is 10.6. The average Bonchev–Trinajstić information content (AvgIpc) is 2.73. The number of nitrogens with one attached hydrogen (secondary N) is 1. The van der Waals surface area contributed by atoms with E-state index in [1.807, 2.05) is 14.0 Å². The third-order valence-corrected chi connectivity index (χ3v) is 3.75.